The lowest BCUT2D eigenvalue weighted by molar-refractivity contribution is -0.139. The molecule has 3 rings (SSSR count). The highest BCUT2D eigenvalue weighted by atomic mass is 16.5. The van der Waals surface area contributed by atoms with E-state index in [0.717, 1.165) is 37.6 Å². The van der Waals surface area contributed by atoms with Crippen molar-refractivity contribution in [2.24, 2.45) is 0 Å². The van der Waals surface area contributed by atoms with Gasteiger partial charge in [-0.25, -0.2) is 0 Å². The van der Waals surface area contributed by atoms with E-state index in [1.54, 1.807) is 7.11 Å². The predicted molar refractivity (Wildman–Crippen MR) is 101 cm³/mol. The molecule has 146 valence electrons. The van der Waals surface area contributed by atoms with Crippen LogP contribution in [0, 0.1) is 0 Å². The lowest BCUT2D eigenvalue weighted by atomic mass is 10.2. The summed E-state index contributed by atoms with van der Waals surface area (Å²) in [7, 11) is 1.67. The first-order chi connectivity index (χ1) is 13.0. The number of piperazine rings is 1. The first-order valence-electron chi connectivity index (χ1n) is 9.21. The number of imide groups is 1. The highest BCUT2D eigenvalue weighted by molar-refractivity contribution is 6.06. The van der Waals surface area contributed by atoms with E-state index < -0.39 is 6.04 Å². The monoisotopic (exact) mass is 374 g/mol. The summed E-state index contributed by atoms with van der Waals surface area (Å²) in [5.41, 5.74) is 1.09. The number of methoxy groups -OCH3 is 1. The van der Waals surface area contributed by atoms with Crippen molar-refractivity contribution in [2.45, 2.75) is 19.4 Å². The average Bonchev–Trinajstić information content (AvgIpc) is 2.93. The van der Waals surface area contributed by atoms with Crippen LogP contribution in [0.3, 0.4) is 0 Å². The minimum absolute atomic E-state index is 0.0555. The zero-order valence-corrected chi connectivity index (χ0v) is 15.8. The van der Waals surface area contributed by atoms with E-state index in [1.165, 1.54) is 11.8 Å². The Bertz CT molecular complexity index is 715. The third-order valence-electron chi connectivity index (χ3n) is 5.06. The summed E-state index contributed by atoms with van der Waals surface area (Å²) in [6, 6.07) is 7.25. The predicted octanol–water partition coefficient (Wildman–Crippen LogP) is 0.0808. The Morgan fingerprint density at radius 1 is 1.15 bits per heavy atom. The van der Waals surface area contributed by atoms with Gasteiger partial charge in [-0.15, -0.1) is 0 Å². The van der Waals surface area contributed by atoms with Crippen LogP contribution >= 0.6 is 0 Å². The molecule has 1 N–H and O–H groups in total. The third kappa shape index (κ3) is 4.39. The van der Waals surface area contributed by atoms with Gasteiger partial charge in [-0.3, -0.25) is 24.2 Å². The SMILES string of the molecule is COc1ccccc1N1CCN(CCN2C(=O)C[C@H](NC(C)=O)C2=O)CC1. The summed E-state index contributed by atoms with van der Waals surface area (Å²) in [5.74, 6) is 0.0490. The van der Waals surface area contributed by atoms with E-state index in [4.69, 9.17) is 4.74 Å². The van der Waals surface area contributed by atoms with E-state index in [2.05, 4.69) is 21.2 Å². The molecule has 0 unspecified atom stereocenters. The smallest absolute Gasteiger partial charge is 0.252 e. The van der Waals surface area contributed by atoms with Gasteiger partial charge in [0, 0.05) is 46.2 Å². The zero-order valence-electron chi connectivity index (χ0n) is 15.8. The minimum Gasteiger partial charge on any atom is -0.495 e. The molecule has 0 saturated carbocycles. The highest BCUT2D eigenvalue weighted by Crippen LogP contribution is 2.28. The Kier molecular flexibility index (Phi) is 5.95. The van der Waals surface area contributed by atoms with Gasteiger partial charge in [0.1, 0.15) is 11.8 Å². The minimum atomic E-state index is -0.711. The number of nitrogens with zero attached hydrogens (tertiary/aromatic N) is 3. The number of carbonyl (C=O) groups excluding carboxylic acids is 3. The summed E-state index contributed by atoms with van der Waals surface area (Å²) in [5, 5.41) is 2.54. The molecule has 8 nitrogen and oxygen atoms in total. The molecule has 0 spiro atoms. The van der Waals surface area contributed by atoms with Gasteiger partial charge in [-0.05, 0) is 12.1 Å². The molecule has 1 atom stereocenters. The van der Waals surface area contributed by atoms with Crippen LogP contribution in [0.5, 0.6) is 5.75 Å². The van der Waals surface area contributed by atoms with E-state index in [-0.39, 0.29) is 24.1 Å². The molecule has 2 fully saturated rings. The van der Waals surface area contributed by atoms with Crippen LogP contribution in [0.25, 0.3) is 0 Å². The fraction of sp³-hybridized carbons (Fsp3) is 0.526. The van der Waals surface area contributed by atoms with Gasteiger partial charge in [0.15, 0.2) is 0 Å². The second kappa shape index (κ2) is 8.39. The Hall–Kier alpha value is -2.61. The maximum absolute atomic E-state index is 12.3. The molecule has 0 radical (unpaired) electrons. The number of likely N-dealkylation sites (tertiary alicyclic amines) is 1. The van der Waals surface area contributed by atoms with Crippen molar-refractivity contribution in [3.05, 3.63) is 24.3 Å². The molecule has 3 amide bonds. The van der Waals surface area contributed by atoms with Crippen LogP contribution in [0.2, 0.25) is 0 Å². The van der Waals surface area contributed by atoms with Crippen LogP contribution in [0.1, 0.15) is 13.3 Å². The normalized spacial score (nSPS) is 20.9. The van der Waals surface area contributed by atoms with Crippen molar-refractivity contribution >= 4 is 23.4 Å². The Labute approximate surface area is 159 Å². The zero-order chi connectivity index (χ0) is 19.4. The van der Waals surface area contributed by atoms with Crippen molar-refractivity contribution < 1.29 is 19.1 Å². The van der Waals surface area contributed by atoms with E-state index in [0.29, 0.717) is 13.1 Å². The number of nitrogens with one attached hydrogen (secondary N) is 1. The molecule has 2 aliphatic heterocycles. The van der Waals surface area contributed by atoms with Gasteiger partial charge in [-0.1, -0.05) is 12.1 Å². The molecule has 0 aromatic heterocycles. The lowest BCUT2D eigenvalue weighted by Gasteiger charge is -2.37. The lowest BCUT2D eigenvalue weighted by Crippen LogP contribution is -2.49. The molecule has 2 heterocycles. The average molecular weight is 374 g/mol. The number of rotatable bonds is 6. The molecule has 2 saturated heterocycles. The Balaban J connectivity index is 1.49. The summed E-state index contributed by atoms with van der Waals surface area (Å²) in [6.07, 6.45) is 0.0555. The maximum Gasteiger partial charge on any atom is 0.252 e. The molecule has 1 aromatic carbocycles. The number of carbonyl (C=O) groups is 3. The van der Waals surface area contributed by atoms with E-state index in [9.17, 15) is 14.4 Å². The summed E-state index contributed by atoms with van der Waals surface area (Å²) in [4.78, 5) is 41.3. The Morgan fingerprint density at radius 2 is 1.85 bits per heavy atom. The van der Waals surface area contributed by atoms with Gasteiger partial charge in [-0.2, -0.15) is 0 Å². The first-order valence-corrected chi connectivity index (χ1v) is 9.21. The quantitative estimate of drug-likeness (QED) is 0.711. The number of anilines is 1. The van der Waals surface area contributed by atoms with Crippen LogP contribution in [-0.4, -0.2) is 79.9 Å². The standard InChI is InChI=1S/C19H26N4O4/c1-14(24)20-15-13-18(25)23(19(15)26)12-9-21-7-10-22(11-8-21)16-5-3-4-6-17(16)27-2/h3-6,15H,7-13H2,1-2H3,(H,20,24)/t15-/m0/s1. The van der Waals surface area contributed by atoms with Crippen molar-refractivity contribution in [3.63, 3.8) is 0 Å². The number of hydrogen-bond acceptors (Lipinski definition) is 6. The summed E-state index contributed by atoms with van der Waals surface area (Å²) < 4.78 is 5.43. The second-order valence-corrected chi connectivity index (χ2v) is 6.84. The van der Waals surface area contributed by atoms with Gasteiger partial charge < -0.3 is 15.0 Å². The molecule has 0 bridgehead atoms. The number of benzene rings is 1. The van der Waals surface area contributed by atoms with Crippen molar-refractivity contribution in [1.82, 2.24) is 15.1 Å². The topological polar surface area (TPSA) is 82.2 Å². The fourth-order valence-electron chi connectivity index (χ4n) is 3.62. The number of para-hydroxylation sites is 2. The highest BCUT2D eigenvalue weighted by Gasteiger charge is 2.38. The molecule has 0 aliphatic carbocycles. The molecule has 27 heavy (non-hydrogen) atoms. The first kappa shape index (κ1) is 19.2. The van der Waals surface area contributed by atoms with Gasteiger partial charge >= 0.3 is 0 Å². The number of ether oxygens (including phenoxy) is 1. The van der Waals surface area contributed by atoms with Crippen molar-refractivity contribution in [3.8, 4) is 5.75 Å². The molecule has 1 aromatic rings. The van der Waals surface area contributed by atoms with Crippen LogP contribution in [-0.2, 0) is 14.4 Å². The number of hydrogen-bond donors (Lipinski definition) is 1. The van der Waals surface area contributed by atoms with Crippen LogP contribution in [0.15, 0.2) is 24.3 Å². The largest absolute Gasteiger partial charge is 0.495 e. The molecular weight excluding hydrogens is 348 g/mol. The molecule has 2 aliphatic rings. The fourth-order valence-corrected chi connectivity index (χ4v) is 3.62. The Morgan fingerprint density at radius 3 is 2.52 bits per heavy atom. The molecular formula is C19H26N4O4. The third-order valence-corrected chi connectivity index (χ3v) is 5.06. The van der Waals surface area contributed by atoms with Crippen LogP contribution < -0.4 is 15.0 Å². The number of amides is 3. The van der Waals surface area contributed by atoms with Gasteiger partial charge in [0.25, 0.3) is 5.91 Å². The maximum atomic E-state index is 12.3. The van der Waals surface area contributed by atoms with E-state index >= 15 is 0 Å². The molecule has 8 heteroatoms. The van der Waals surface area contributed by atoms with Crippen LogP contribution in [0.4, 0.5) is 5.69 Å². The van der Waals surface area contributed by atoms with Crippen molar-refractivity contribution in [1.29, 1.82) is 0 Å². The van der Waals surface area contributed by atoms with E-state index in [1.807, 2.05) is 18.2 Å². The van der Waals surface area contributed by atoms with Crippen molar-refractivity contribution in [2.75, 3.05) is 51.3 Å². The summed E-state index contributed by atoms with van der Waals surface area (Å²) >= 11 is 0. The second-order valence-electron chi connectivity index (χ2n) is 6.84. The summed E-state index contributed by atoms with van der Waals surface area (Å²) in [6.45, 7) is 5.77. The van der Waals surface area contributed by atoms with Gasteiger partial charge in [0.2, 0.25) is 11.8 Å². The van der Waals surface area contributed by atoms with Gasteiger partial charge in [0.05, 0.1) is 19.2 Å².